The molecule has 1 saturated heterocycles. The zero-order valence-electron chi connectivity index (χ0n) is 11.4. The summed E-state index contributed by atoms with van der Waals surface area (Å²) in [5.41, 5.74) is 0.557. The Morgan fingerprint density at radius 1 is 1.29 bits per heavy atom. The van der Waals surface area contributed by atoms with Crippen LogP contribution in [0.2, 0.25) is 0 Å². The normalized spacial score (nSPS) is 25.2. The van der Waals surface area contributed by atoms with Gasteiger partial charge in [0.2, 0.25) is 0 Å². The Morgan fingerprint density at radius 2 is 2.05 bits per heavy atom. The molecular formula is C15H16F3NO2. The fraction of sp³-hybridized carbons (Fsp3) is 0.533. The number of hydrogen-bond donors (Lipinski definition) is 1. The fourth-order valence-corrected chi connectivity index (χ4v) is 3.51. The van der Waals surface area contributed by atoms with Gasteiger partial charge in [0, 0.05) is 18.3 Å². The van der Waals surface area contributed by atoms with Crippen LogP contribution in [-0.2, 0) is 17.4 Å². The third-order valence-electron chi connectivity index (χ3n) is 4.49. The van der Waals surface area contributed by atoms with E-state index >= 15 is 0 Å². The number of piperidine rings is 1. The number of carboxylic acids is 1. The fourth-order valence-electron chi connectivity index (χ4n) is 3.51. The quantitative estimate of drug-likeness (QED) is 0.865. The second kappa shape index (κ2) is 4.93. The van der Waals surface area contributed by atoms with Gasteiger partial charge in [0.1, 0.15) is 0 Å². The summed E-state index contributed by atoms with van der Waals surface area (Å²) in [7, 11) is 0. The third-order valence-corrected chi connectivity index (χ3v) is 4.49. The number of nitrogens with zero attached hydrogens (tertiary/aromatic N) is 1. The molecule has 2 aliphatic rings. The number of carbonyl (C=O) groups is 1. The van der Waals surface area contributed by atoms with Crippen molar-refractivity contribution in [2.24, 2.45) is 5.92 Å². The smallest absolute Gasteiger partial charge is 0.416 e. The number of fused-ring (bicyclic) bond motifs is 3. The van der Waals surface area contributed by atoms with Crippen molar-refractivity contribution in [1.82, 2.24) is 0 Å². The van der Waals surface area contributed by atoms with E-state index in [4.69, 9.17) is 0 Å². The van der Waals surface area contributed by atoms with Crippen LogP contribution in [0, 0.1) is 5.92 Å². The second-order valence-electron chi connectivity index (χ2n) is 5.75. The first-order valence-corrected chi connectivity index (χ1v) is 7.07. The van der Waals surface area contributed by atoms with Gasteiger partial charge in [-0.15, -0.1) is 0 Å². The van der Waals surface area contributed by atoms with Gasteiger partial charge >= 0.3 is 12.1 Å². The molecule has 1 fully saturated rings. The van der Waals surface area contributed by atoms with Crippen LogP contribution in [-0.4, -0.2) is 23.7 Å². The van der Waals surface area contributed by atoms with E-state index in [9.17, 15) is 23.1 Å². The summed E-state index contributed by atoms with van der Waals surface area (Å²) >= 11 is 0. The lowest BCUT2D eigenvalue weighted by Gasteiger charge is -2.45. The highest BCUT2D eigenvalue weighted by Gasteiger charge is 2.40. The van der Waals surface area contributed by atoms with E-state index in [0.29, 0.717) is 12.1 Å². The number of halogens is 3. The van der Waals surface area contributed by atoms with Crippen molar-refractivity contribution in [3.63, 3.8) is 0 Å². The first-order valence-electron chi connectivity index (χ1n) is 7.07. The van der Waals surface area contributed by atoms with Gasteiger partial charge in [0.25, 0.3) is 0 Å². The first-order chi connectivity index (χ1) is 9.88. The minimum Gasteiger partial charge on any atom is -0.481 e. The summed E-state index contributed by atoms with van der Waals surface area (Å²) in [6, 6.07) is 3.59. The molecule has 2 heterocycles. The molecule has 0 amide bonds. The van der Waals surface area contributed by atoms with Crippen LogP contribution in [0.5, 0.6) is 0 Å². The molecule has 0 aromatic heterocycles. The topological polar surface area (TPSA) is 40.5 Å². The summed E-state index contributed by atoms with van der Waals surface area (Å²) < 4.78 is 38.5. The average Bonchev–Trinajstić information content (AvgIpc) is 2.44. The number of hydrogen-bond acceptors (Lipinski definition) is 2. The monoisotopic (exact) mass is 299 g/mol. The molecule has 2 aliphatic heterocycles. The molecule has 1 aromatic rings. The number of benzene rings is 1. The zero-order valence-corrected chi connectivity index (χ0v) is 11.4. The Morgan fingerprint density at radius 3 is 2.71 bits per heavy atom. The van der Waals surface area contributed by atoms with Crippen molar-refractivity contribution < 1.29 is 23.1 Å². The predicted molar refractivity (Wildman–Crippen MR) is 71.3 cm³/mol. The Balaban J connectivity index is 2.04. The molecule has 0 radical (unpaired) electrons. The number of alkyl halides is 3. The molecule has 0 aliphatic carbocycles. The van der Waals surface area contributed by atoms with Gasteiger partial charge in [-0.25, -0.2) is 0 Å². The summed E-state index contributed by atoms with van der Waals surface area (Å²) in [6.45, 7) is 0.715. The first kappa shape index (κ1) is 14.2. The van der Waals surface area contributed by atoms with Gasteiger partial charge < -0.3 is 10.0 Å². The van der Waals surface area contributed by atoms with E-state index in [-0.39, 0.29) is 12.5 Å². The van der Waals surface area contributed by atoms with Crippen LogP contribution in [0.3, 0.4) is 0 Å². The van der Waals surface area contributed by atoms with Crippen LogP contribution in [0.25, 0.3) is 0 Å². The largest absolute Gasteiger partial charge is 0.481 e. The Bertz CT molecular complexity index is 571. The van der Waals surface area contributed by atoms with Crippen LogP contribution >= 0.6 is 0 Å². The van der Waals surface area contributed by atoms with Crippen molar-refractivity contribution in [1.29, 1.82) is 0 Å². The average molecular weight is 299 g/mol. The Hall–Kier alpha value is -1.72. The second-order valence-corrected chi connectivity index (χ2v) is 5.75. The maximum Gasteiger partial charge on any atom is 0.416 e. The minimum absolute atomic E-state index is 0.0968. The zero-order chi connectivity index (χ0) is 15.2. The SMILES string of the molecule is O=C(O)[C@@H]1Cc2cc(C(F)(F)F)ccc2N2CCCC[C@H]12. The number of anilines is 1. The van der Waals surface area contributed by atoms with Crippen LogP contribution in [0.1, 0.15) is 30.4 Å². The molecule has 114 valence electrons. The van der Waals surface area contributed by atoms with Crippen LogP contribution in [0.4, 0.5) is 18.9 Å². The Kier molecular flexibility index (Phi) is 3.34. The van der Waals surface area contributed by atoms with E-state index in [1.807, 2.05) is 4.90 Å². The molecule has 2 atom stereocenters. The van der Waals surface area contributed by atoms with Crippen LogP contribution in [0.15, 0.2) is 18.2 Å². The van der Waals surface area contributed by atoms with Crippen molar-refractivity contribution in [3.8, 4) is 0 Å². The molecule has 3 rings (SSSR count). The summed E-state index contributed by atoms with van der Waals surface area (Å²) in [6.07, 6.45) is -1.51. The van der Waals surface area contributed by atoms with Gasteiger partial charge in [-0.3, -0.25) is 4.79 Å². The van der Waals surface area contributed by atoms with E-state index in [1.165, 1.54) is 6.07 Å². The molecule has 0 unspecified atom stereocenters. The van der Waals surface area contributed by atoms with Crippen molar-refractivity contribution in [2.75, 3.05) is 11.4 Å². The third kappa shape index (κ3) is 2.47. The molecule has 0 saturated carbocycles. The lowest BCUT2D eigenvalue weighted by Crippen LogP contribution is -2.50. The van der Waals surface area contributed by atoms with Crippen molar-refractivity contribution >= 4 is 11.7 Å². The number of aliphatic carboxylic acids is 1. The molecule has 3 nitrogen and oxygen atoms in total. The highest BCUT2D eigenvalue weighted by molar-refractivity contribution is 5.75. The standard InChI is InChI=1S/C15H16F3NO2/c16-15(17,18)10-4-5-12-9(7-10)8-11(14(20)21)13-3-1-2-6-19(12)13/h4-5,7,11,13H,1-3,6,8H2,(H,20,21)/t11-,13-/m1/s1. The van der Waals surface area contributed by atoms with Gasteiger partial charge in [-0.1, -0.05) is 0 Å². The highest BCUT2D eigenvalue weighted by Crippen LogP contribution is 2.41. The van der Waals surface area contributed by atoms with Crippen molar-refractivity contribution in [3.05, 3.63) is 29.3 Å². The lowest BCUT2D eigenvalue weighted by atomic mass is 9.80. The van der Waals surface area contributed by atoms with E-state index < -0.39 is 23.6 Å². The number of carboxylic acid groups (broad SMARTS) is 1. The molecule has 6 heteroatoms. The molecule has 1 aromatic carbocycles. The predicted octanol–water partition coefficient (Wildman–Crippen LogP) is 3.32. The van der Waals surface area contributed by atoms with Gasteiger partial charge in [-0.05, 0) is 49.4 Å². The summed E-state index contributed by atoms with van der Waals surface area (Å²) in [5.74, 6) is -1.55. The highest BCUT2D eigenvalue weighted by atomic mass is 19.4. The van der Waals surface area contributed by atoms with Gasteiger partial charge in [-0.2, -0.15) is 13.2 Å². The molecular weight excluding hydrogens is 283 g/mol. The van der Waals surface area contributed by atoms with E-state index in [2.05, 4.69) is 0 Å². The van der Waals surface area contributed by atoms with Gasteiger partial charge in [0.05, 0.1) is 11.5 Å². The molecule has 0 spiro atoms. The maximum atomic E-state index is 12.8. The van der Waals surface area contributed by atoms with Crippen LogP contribution < -0.4 is 4.90 Å². The summed E-state index contributed by atoms with van der Waals surface area (Å²) in [5, 5.41) is 9.38. The maximum absolute atomic E-state index is 12.8. The minimum atomic E-state index is -4.40. The van der Waals surface area contributed by atoms with Crippen molar-refractivity contribution in [2.45, 2.75) is 37.9 Å². The molecule has 21 heavy (non-hydrogen) atoms. The lowest BCUT2D eigenvalue weighted by molar-refractivity contribution is -0.142. The van der Waals surface area contributed by atoms with E-state index in [1.54, 1.807) is 0 Å². The van der Waals surface area contributed by atoms with Gasteiger partial charge in [0.15, 0.2) is 0 Å². The molecule has 1 N–H and O–H groups in total. The number of rotatable bonds is 1. The summed E-state index contributed by atoms with van der Waals surface area (Å²) in [4.78, 5) is 13.4. The van der Waals surface area contributed by atoms with E-state index in [0.717, 1.165) is 37.1 Å². The Labute approximate surface area is 120 Å². The molecule has 0 bridgehead atoms.